The summed E-state index contributed by atoms with van der Waals surface area (Å²) in [7, 11) is 0. The van der Waals surface area contributed by atoms with Crippen molar-refractivity contribution in [3.05, 3.63) is 10.6 Å². The highest BCUT2D eigenvalue weighted by Crippen LogP contribution is 2.43. The summed E-state index contributed by atoms with van der Waals surface area (Å²) in [5.74, 6) is -0.0489. The molecule has 0 aliphatic heterocycles. The maximum Gasteiger partial charge on any atom is 0.263 e. The summed E-state index contributed by atoms with van der Waals surface area (Å²) < 4.78 is 0.234. The fraction of sp³-hybridized carbons (Fsp3) is 0.636. The van der Waals surface area contributed by atoms with Crippen LogP contribution in [0.25, 0.3) is 0 Å². The van der Waals surface area contributed by atoms with E-state index in [-0.39, 0.29) is 15.4 Å². The Kier molecular flexibility index (Phi) is 3.63. The van der Waals surface area contributed by atoms with Gasteiger partial charge in [0.1, 0.15) is 4.88 Å². The average molecular weight is 365 g/mol. The number of hydrogen-bond donors (Lipinski definition) is 2. The Morgan fingerprint density at radius 1 is 1.65 bits per heavy atom. The highest BCUT2D eigenvalue weighted by Gasteiger charge is 2.40. The molecule has 1 aromatic rings. The van der Waals surface area contributed by atoms with Gasteiger partial charge in [-0.15, -0.1) is 0 Å². The van der Waals surface area contributed by atoms with Gasteiger partial charge in [0.25, 0.3) is 5.91 Å². The number of alkyl halides is 1. The van der Waals surface area contributed by atoms with Crippen molar-refractivity contribution < 1.29 is 4.79 Å². The van der Waals surface area contributed by atoms with Crippen molar-refractivity contribution in [2.24, 2.45) is 0 Å². The van der Waals surface area contributed by atoms with E-state index < -0.39 is 0 Å². The fourth-order valence-corrected chi connectivity index (χ4v) is 3.62. The number of aryl methyl sites for hydroxylation is 1. The standard InChI is InChI=1S/C11H16IN3OS/c1-6-8(17-10(13)14-6)9(16)15-7(2)11(12)4-3-5-11/h7H,3-5H2,1-2H3,(H2,13,14)(H,15,16). The maximum atomic E-state index is 12.1. The second kappa shape index (κ2) is 4.72. The number of amides is 1. The van der Waals surface area contributed by atoms with Crippen molar-refractivity contribution in [3.8, 4) is 0 Å². The van der Waals surface area contributed by atoms with Crippen molar-refractivity contribution in [1.29, 1.82) is 0 Å². The number of carbonyl (C=O) groups is 1. The fourth-order valence-electron chi connectivity index (χ4n) is 1.97. The molecule has 1 heterocycles. The van der Waals surface area contributed by atoms with Crippen LogP contribution < -0.4 is 11.1 Å². The lowest BCUT2D eigenvalue weighted by Gasteiger charge is -2.41. The number of aromatic nitrogens is 1. The highest BCUT2D eigenvalue weighted by molar-refractivity contribution is 14.1. The van der Waals surface area contributed by atoms with Gasteiger partial charge < -0.3 is 11.1 Å². The molecule has 0 saturated heterocycles. The molecule has 1 saturated carbocycles. The highest BCUT2D eigenvalue weighted by atomic mass is 127. The second-order valence-electron chi connectivity index (χ2n) is 4.55. The Hall–Kier alpha value is -0.370. The summed E-state index contributed by atoms with van der Waals surface area (Å²) in [6.07, 6.45) is 3.62. The SMILES string of the molecule is Cc1nc(N)sc1C(=O)NC(C)C1(I)CCC1. The number of nitrogens with one attached hydrogen (secondary N) is 1. The molecule has 3 N–H and O–H groups in total. The molecule has 1 atom stereocenters. The quantitative estimate of drug-likeness (QED) is 0.639. The molecule has 17 heavy (non-hydrogen) atoms. The molecular weight excluding hydrogens is 349 g/mol. The molecule has 6 heteroatoms. The van der Waals surface area contributed by atoms with Crippen LogP contribution in [0.5, 0.6) is 0 Å². The Morgan fingerprint density at radius 2 is 2.29 bits per heavy atom. The molecule has 4 nitrogen and oxygen atoms in total. The van der Waals surface area contributed by atoms with Crippen LogP contribution in [0.15, 0.2) is 0 Å². The van der Waals surface area contributed by atoms with E-state index in [4.69, 9.17) is 5.73 Å². The van der Waals surface area contributed by atoms with E-state index >= 15 is 0 Å². The lowest BCUT2D eigenvalue weighted by Crippen LogP contribution is -2.50. The van der Waals surface area contributed by atoms with Crippen LogP contribution in [0.4, 0.5) is 5.13 Å². The van der Waals surface area contributed by atoms with Crippen LogP contribution >= 0.6 is 33.9 Å². The summed E-state index contributed by atoms with van der Waals surface area (Å²) in [5.41, 5.74) is 6.31. The number of rotatable bonds is 3. The van der Waals surface area contributed by atoms with Crippen molar-refractivity contribution >= 4 is 45.0 Å². The van der Waals surface area contributed by atoms with Crippen LogP contribution in [-0.4, -0.2) is 20.4 Å². The van der Waals surface area contributed by atoms with E-state index in [9.17, 15) is 4.79 Å². The Bertz CT molecular complexity index is 442. The van der Waals surface area contributed by atoms with Gasteiger partial charge in [0.2, 0.25) is 0 Å². The number of halogens is 1. The van der Waals surface area contributed by atoms with Crippen molar-refractivity contribution in [3.63, 3.8) is 0 Å². The van der Waals surface area contributed by atoms with E-state index in [0.717, 1.165) is 0 Å². The molecule has 0 bridgehead atoms. The first-order valence-corrected chi connectivity index (χ1v) is 7.54. The predicted molar refractivity (Wildman–Crippen MR) is 78.8 cm³/mol. The van der Waals surface area contributed by atoms with Crippen LogP contribution in [0.2, 0.25) is 0 Å². The van der Waals surface area contributed by atoms with E-state index in [0.29, 0.717) is 15.7 Å². The number of nitrogens with two attached hydrogens (primary N) is 1. The minimum atomic E-state index is -0.0489. The maximum absolute atomic E-state index is 12.1. The van der Waals surface area contributed by atoms with Crippen LogP contribution in [0.3, 0.4) is 0 Å². The predicted octanol–water partition coefficient (Wildman–Crippen LogP) is 2.51. The van der Waals surface area contributed by atoms with Gasteiger partial charge in [0.15, 0.2) is 5.13 Å². The molecule has 94 valence electrons. The van der Waals surface area contributed by atoms with Crippen molar-refractivity contribution in [1.82, 2.24) is 10.3 Å². The molecule has 1 aliphatic carbocycles. The largest absolute Gasteiger partial charge is 0.375 e. The lowest BCUT2D eigenvalue weighted by molar-refractivity contribution is 0.0927. The van der Waals surface area contributed by atoms with Crippen molar-refractivity contribution in [2.45, 2.75) is 42.6 Å². The Balaban J connectivity index is 2.04. The van der Waals surface area contributed by atoms with E-state index in [1.165, 1.54) is 30.6 Å². The van der Waals surface area contributed by atoms with E-state index in [2.05, 4.69) is 39.8 Å². The molecule has 0 radical (unpaired) electrons. The summed E-state index contributed by atoms with van der Waals surface area (Å²) in [6.45, 7) is 3.89. The molecule has 1 aliphatic rings. The molecular formula is C11H16IN3OS. The average Bonchev–Trinajstić information content (AvgIpc) is 2.54. The first kappa shape index (κ1) is 13.1. The van der Waals surface area contributed by atoms with Crippen LogP contribution in [-0.2, 0) is 0 Å². The monoisotopic (exact) mass is 365 g/mol. The number of carbonyl (C=O) groups excluding carboxylic acids is 1. The smallest absolute Gasteiger partial charge is 0.263 e. The van der Waals surface area contributed by atoms with Gasteiger partial charge >= 0.3 is 0 Å². The number of thiazole rings is 1. The third-order valence-corrected chi connectivity index (χ3v) is 6.33. The van der Waals surface area contributed by atoms with Gasteiger partial charge in [-0.1, -0.05) is 40.3 Å². The zero-order valence-electron chi connectivity index (χ0n) is 9.92. The zero-order chi connectivity index (χ0) is 12.6. The van der Waals surface area contributed by atoms with Gasteiger partial charge in [-0.3, -0.25) is 4.79 Å². The van der Waals surface area contributed by atoms with Crippen LogP contribution in [0, 0.1) is 6.92 Å². The molecule has 1 fully saturated rings. The van der Waals surface area contributed by atoms with Gasteiger partial charge in [-0.2, -0.15) is 0 Å². The number of hydrogen-bond acceptors (Lipinski definition) is 4. The Morgan fingerprint density at radius 3 is 2.71 bits per heavy atom. The summed E-state index contributed by atoms with van der Waals surface area (Å²) in [6, 6.07) is 0.187. The summed E-state index contributed by atoms with van der Waals surface area (Å²) in [5, 5.41) is 3.51. The molecule has 1 aromatic heterocycles. The third-order valence-electron chi connectivity index (χ3n) is 3.33. The molecule has 0 spiro atoms. The molecule has 0 aromatic carbocycles. The molecule has 1 amide bonds. The third kappa shape index (κ3) is 2.57. The minimum Gasteiger partial charge on any atom is -0.375 e. The first-order valence-electron chi connectivity index (χ1n) is 5.65. The second-order valence-corrected chi connectivity index (χ2v) is 7.73. The van der Waals surface area contributed by atoms with E-state index in [1.807, 2.05) is 6.92 Å². The summed E-state index contributed by atoms with van der Waals surface area (Å²) >= 11 is 3.72. The first-order chi connectivity index (χ1) is 7.92. The molecule has 1 unspecified atom stereocenters. The lowest BCUT2D eigenvalue weighted by atomic mass is 9.80. The zero-order valence-corrected chi connectivity index (χ0v) is 12.9. The van der Waals surface area contributed by atoms with Crippen molar-refractivity contribution in [2.75, 3.05) is 5.73 Å². The topological polar surface area (TPSA) is 68.0 Å². The molecule has 2 rings (SSSR count). The van der Waals surface area contributed by atoms with Gasteiger partial charge in [-0.25, -0.2) is 4.98 Å². The Labute approximate surface area is 119 Å². The summed E-state index contributed by atoms with van der Waals surface area (Å²) in [4.78, 5) is 16.8. The van der Waals surface area contributed by atoms with Gasteiger partial charge in [0.05, 0.1) is 5.69 Å². The van der Waals surface area contributed by atoms with E-state index in [1.54, 1.807) is 0 Å². The van der Waals surface area contributed by atoms with Crippen LogP contribution in [0.1, 0.15) is 41.6 Å². The number of anilines is 1. The van der Waals surface area contributed by atoms with Gasteiger partial charge in [-0.05, 0) is 26.7 Å². The van der Waals surface area contributed by atoms with Gasteiger partial charge in [0, 0.05) is 9.46 Å². The normalized spacial score (nSPS) is 19.5. The number of nitrogen functional groups attached to an aromatic ring is 1. The minimum absolute atomic E-state index is 0.0489. The number of nitrogens with zero attached hydrogens (tertiary/aromatic N) is 1.